The summed E-state index contributed by atoms with van der Waals surface area (Å²) in [6.45, 7) is 4.08. The average Bonchev–Trinajstić information content (AvgIpc) is 2.96. The smallest absolute Gasteiger partial charge is 0.269 e. The van der Waals surface area contributed by atoms with Gasteiger partial charge in [-0.25, -0.2) is 4.98 Å². The molecule has 1 aromatic carbocycles. The van der Waals surface area contributed by atoms with E-state index in [9.17, 15) is 19.7 Å². The number of thiophene rings is 1. The van der Waals surface area contributed by atoms with Gasteiger partial charge in [-0.15, -0.1) is 17.9 Å². The predicted octanol–water partition coefficient (Wildman–Crippen LogP) is 4.55. The number of nitrogens with one attached hydrogen (secondary N) is 1. The number of thioether (sulfide) groups is 1. The minimum atomic E-state index is -0.494. The van der Waals surface area contributed by atoms with E-state index in [4.69, 9.17) is 4.98 Å². The number of nitro benzene ring substituents is 1. The Labute approximate surface area is 192 Å². The second-order valence-electron chi connectivity index (χ2n) is 7.48. The zero-order chi connectivity index (χ0) is 22.7. The predicted molar refractivity (Wildman–Crippen MR) is 128 cm³/mol. The van der Waals surface area contributed by atoms with Crippen LogP contribution in [-0.2, 0) is 24.2 Å². The van der Waals surface area contributed by atoms with Gasteiger partial charge in [0.15, 0.2) is 5.16 Å². The van der Waals surface area contributed by atoms with Crippen LogP contribution in [0.1, 0.15) is 29.7 Å². The Morgan fingerprint density at radius 2 is 2.03 bits per heavy atom. The molecule has 2 heterocycles. The molecule has 1 amide bonds. The fraction of sp³-hybridized carbons (Fsp3) is 0.318. The van der Waals surface area contributed by atoms with Crippen molar-refractivity contribution in [3.63, 3.8) is 0 Å². The Morgan fingerprint density at radius 1 is 1.28 bits per heavy atom. The summed E-state index contributed by atoms with van der Waals surface area (Å²) in [7, 11) is 0. The van der Waals surface area contributed by atoms with Gasteiger partial charge >= 0.3 is 0 Å². The van der Waals surface area contributed by atoms with Crippen LogP contribution in [0.15, 0.2) is 46.9 Å². The van der Waals surface area contributed by atoms with Crippen LogP contribution < -0.4 is 10.9 Å². The first-order valence-corrected chi connectivity index (χ1v) is 12.1. The number of fused-ring (bicyclic) bond motifs is 3. The number of amides is 1. The molecule has 0 spiro atoms. The van der Waals surface area contributed by atoms with Crippen LogP contribution >= 0.6 is 23.1 Å². The van der Waals surface area contributed by atoms with Crippen molar-refractivity contribution in [1.82, 2.24) is 9.55 Å². The molecule has 0 radical (unpaired) electrons. The Balaban J connectivity index is 1.56. The van der Waals surface area contributed by atoms with Gasteiger partial charge in [-0.1, -0.05) is 24.3 Å². The third-order valence-corrected chi connectivity index (χ3v) is 7.46. The van der Waals surface area contributed by atoms with Crippen molar-refractivity contribution in [3.8, 4) is 0 Å². The van der Waals surface area contributed by atoms with Gasteiger partial charge in [-0.2, -0.15) is 0 Å². The summed E-state index contributed by atoms with van der Waals surface area (Å²) in [6, 6.07) is 5.64. The molecule has 1 aliphatic carbocycles. The normalized spacial score (nSPS) is 13.4. The molecule has 0 saturated carbocycles. The lowest BCUT2D eigenvalue weighted by molar-refractivity contribution is -0.384. The van der Waals surface area contributed by atoms with Crippen LogP contribution in [0.25, 0.3) is 10.2 Å². The molecule has 0 aliphatic heterocycles. The van der Waals surface area contributed by atoms with Gasteiger partial charge in [0.2, 0.25) is 5.91 Å². The monoisotopic (exact) mass is 470 g/mol. The van der Waals surface area contributed by atoms with Crippen molar-refractivity contribution >= 4 is 50.6 Å². The van der Waals surface area contributed by atoms with Gasteiger partial charge < -0.3 is 5.32 Å². The number of aromatic nitrogens is 2. The van der Waals surface area contributed by atoms with Gasteiger partial charge in [0.25, 0.3) is 11.2 Å². The highest BCUT2D eigenvalue weighted by Gasteiger charge is 2.21. The second kappa shape index (κ2) is 9.66. The summed E-state index contributed by atoms with van der Waals surface area (Å²) >= 11 is 2.78. The molecule has 1 aliphatic rings. The third-order valence-electron chi connectivity index (χ3n) is 5.30. The van der Waals surface area contributed by atoms with Crippen molar-refractivity contribution in [1.29, 1.82) is 0 Å². The molecule has 4 rings (SSSR count). The molecule has 0 saturated heterocycles. The van der Waals surface area contributed by atoms with Crippen LogP contribution in [0.4, 0.5) is 11.4 Å². The highest BCUT2D eigenvalue weighted by Crippen LogP contribution is 2.34. The average molecular weight is 471 g/mol. The number of anilines is 1. The number of carbonyl (C=O) groups excluding carboxylic acids is 1. The lowest BCUT2D eigenvalue weighted by atomic mass is 10.1. The first kappa shape index (κ1) is 22.2. The van der Waals surface area contributed by atoms with Gasteiger partial charge in [0.1, 0.15) is 4.83 Å². The summed E-state index contributed by atoms with van der Waals surface area (Å²) in [5.41, 5.74) is 1.49. The topological polar surface area (TPSA) is 107 Å². The van der Waals surface area contributed by atoms with Crippen molar-refractivity contribution in [2.45, 2.75) is 43.8 Å². The number of aryl methyl sites for hydroxylation is 2. The van der Waals surface area contributed by atoms with E-state index in [-0.39, 0.29) is 22.9 Å². The Hall–Kier alpha value is -2.98. The van der Waals surface area contributed by atoms with E-state index in [0.717, 1.165) is 36.1 Å². The van der Waals surface area contributed by atoms with E-state index < -0.39 is 4.92 Å². The van der Waals surface area contributed by atoms with E-state index >= 15 is 0 Å². The van der Waals surface area contributed by atoms with E-state index in [1.54, 1.807) is 22.0 Å². The largest absolute Gasteiger partial charge is 0.325 e. The van der Waals surface area contributed by atoms with Crippen LogP contribution in [0.5, 0.6) is 0 Å². The van der Waals surface area contributed by atoms with Crippen LogP contribution in [0, 0.1) is 10.1 Å². The highest BCUT2D eigenvalue weighted by atomic mass is 32.2. The van der Waals surface area contributed by atoms with Gasteiger partial charge in [0.05, 0.1) is 16.1 Å². The molecular formula is C22H22N4O4S2. The molecule has 166 valence electrons. The van der Waals surface area contributed by atoms with E-state index in [1.165, 1.54) is 47.3 Å². The summed E-state index contributed by atoms with van der Waals surface area (Å²) < 4.78 is 1.58. The molecule has 0 bridgehead atoms. The quantitative estimate of drug-likeness (QED) is 0.136. The second-order valence-corrected chi connectivity index (χ2v) is 9.51. The van der Waals surface area contributed by atoms with Crippen LogP contribution in [0.2, 0.25) is 0 Å². The molecule has 8 nitrogen and oxygen atoms in total. The third kappa shape index (κ3) is 4.61. The molecule has 0 fully saturated rings. The lowest BCUT2D eigenvalue weighted by Gasteiger charge is -2.11. The lowest BCUT2D eigenvalue weighted by Crippen LogP contribution is -2.24. The van der Waals surface area contributed by atoms with Gasteiger partial charge in [0, 0.05) is 29.2 Å². The first-order valence-electron chi connectivity index (χ1n) is 10.3. The van der Waals surface area contributed by atoms with E-state index in [1.807, 2.05) is 0 Å². The van der Waals surface area contributed by atoms with Gasteiger partial charge in [-0.05, 0) is 43.4 Å². The summed E-state index contributed by atoms with van der Waals surface area (Å²) in [5.74, 6) is -0.234. The van der Waals surface area contributed by atoms with Crippen molar-refractivity contribution < 1.29 is 9.72 Å². The summed E-state index contributed by atoms with van der Waals surface area (Å²) in [5, 5.41) is 14.7. The number of rotatable bonds is 7. The highest BCUT2D eigenvalue weighted by molar-refractivity contribution is 7.99. The number of nitro groups is 1. The molecule has 0 unspecified atom stereocenters. The van der Waals surface area contributed by atoms with Crippen LogP contribution in [-0.4, -0.2) is 26.1 Å². The van der Waals surface area contributed by atoms with Crippen molar-refractivity contribution in [3.05, 3.63) is 67.8 Å². The Kier molecular flexibility index (Phi) is 6.71. The fourth-order valence-electron chi connectivity index (χ4n) is 3.79. The SMILES string of the molecule is C=CCn1c(SCC(=O)Nc2ccc([N+](=O)[O-])cc2)nc2sc3c(c2c1=O)CCCCC3. The summed E-state index contributed by atoms with van der Waals surface area (Å²) in [4.78, 5) is 42.7. The number of hydrogen-bond donors (Lipinski definition) is 1. The standard InChI is InChI=1S/C22H22N4O4S2/c1-2-12-25-21(28)19-16-6-4-3-5-7-17(16)32-20(19)24-22(25)31-13-18(27)23-14-8-10-15(11-9-14)26(29)30/h2,8-11H,1,3-7,12-13H2,(H,23,27). The first-order chi connectivity index (χ1) is 15.5. The number of benzene rings is 1. The maximum Gasteiger partial charge on any atom is 0.269 e. The maximum atomic E-state index is 13.3. The number of allylic oxidation sites excluding steroid dienone is 1. The van der Waals surface area contributed by atoms with Crippen LogP contribution in [0.3, 0.4) is 0 Å². The molecule has 10 heteroatoms. The number of nitrogens with zero attached hydrogens (tertiary/aromatic N) is 3. The maximum absolute atomic E-state index is 13.3. The van der Waals surface area contributed by atoms with E-state index in [2.05, 4.69) is 11.9 Å². The Bertz CT molecular complexity index is 1250. The van der Waals surface area contributed by atoms with Gasteiger partial charge in [-0.3, -0.25) is 24.3 Å². The molecule has 0 atom stereocenters. The van der Waals surface area contributed by atoms with Crippen molar-refractivity contribution in [2.24, 2.45) is 0 Å². The number of carbonyl (C=O) groups is 1. The summed E-state index contributed by atoms with van der Waals surface area (Å²) in [6.07, 6.45) is 6.93. The Morgan fingerprint density at radius 3 is 2.75 bits per heavy atom. The molecular weight excluding hydrogens is 448 g/mol. The number of non-ortho nitro benzene ring substituents is 1. The molecule has 3 aromatic rings. The minimum absolute atomic E-state index is 0.0438. The molecule has 1 N–H and O–H groups in total. The van der Waals surface area contributed by atoms with E-state index in [0.29, 0.717) is 22.8 Å². The minimum Gasteiger partial charge on any atom is -0.325 e. The zero-order valence-corrected chi connectivity index (χ0v) is 19.0. The van der Waals surface area contributed by atoms with Crippen molar-refractivity contribution in [2.75, 3.05) is 11.1 Å². The molecule has 32 heavy (non-hydrogen) atoms. The fourth-order valence-corrected chi connectivity index (χ4v) is 5.90. The molecule has 2 aromatic heterocycles. The zero-order valence-electron chi connectivity index (χ0n) is 17.3. The number of hydrogen-bond acceptors (Lipinski definition) is 7.